The number of anilines is 1. The Labute approximate surface area is 170 Å². The summed E-state index contributed by atoms with van der Waals surface area (Å²) in [4.78, 5) is 18.3. The summed E-state index contributed by atoms with van der Waals surface area (Å²) < 4.78 is 30.8. The zero-order valence-electron chi connectivity index (χ0n) is 15.3. The Hall–Kier alpha value is -0.810. The zero-order valence-corrected chi connectivity index (χ0v) is 17.9. The molecule has 154 valence electrons. The van der Waals surface area contributed by atoms with Crippen molar-refractivity contribution >= 4 is 46.3 Å². The number of hydrogen-bond acceptors (Lipinski definition) is 9. The van der Waals surface area contributed by atoms with E-state index < -0.39 is 7.82 Å². The van der Waals surface area contributed by atoms with Crippen molar-refractivity contribution in [1.29, 1.82) is 0 Å². The van der Waals surface area contributed by atoms with E-state index in [0.717, 1.165) is 17.6 Å². The highest BCUT2D eigenvalue weighted by molar-refractivity contribution is 8.76. The number of ether oxygens (including phenoxy) is 1. The summed E-state index contributed by atoms with van der Waals surface area (Å²) in [7, 11) is -0.716. The molecule has 2 aliphatic rings. The van der Waals surface area contributed by atoms with Crippen molar-refractivity contribution < 1.29 is 23.2 Å². The van der Waals surface area contributed by atoms with Crippen molar-refractivity contribution in [2.45, 2.75) is 38.2 Å². The molecule has 5 atom stereocenters. The van der Waals surface area contributed by atoms with Crippen LogP contribution in [0.1, 0.15) is 26.0 Å². The number of nitrogen functional groups attached to an aromatic ring is 1. The quantitative estimate of drug-likeness (QED) is 0.505. The van der Waals surface area contributed by atoms with Crippen LogP contribution in [-0.2, 0) is 18.3 Å². The second-order valence-electron chi connectivity index (χ2n) is 6.97. The first-order valence-corrected chi connectivity index (χ1v) is 13.0. The van der Waals surface area contributed by atoms with Gasteiger partial charge in [0, 0.05) is 23.6 Å². The summed E-state index contributed by atoms with van der Waals surface area (Å²) in [5.41, 5.74) is 6.61. The van der Waals surface area contributed by atoms with Gasteiger partial charge in [0.05, 0.1) is 24.2 Å². The molecule has 3 N–H and O–H groups in total. The van der Waals surface area contributed by atoms with E-state index in [9.17, 15) is 9.46 Å². The fourth-order valence-electron chi connectivity index (χ4n) is 3.49. The molecule has 2 saturated heterocycles. The molecule has 28 heavy (non-hydrogen) atoms. The summed E-state index contributed by atoms with van der Waals surface area (Å²) in [5.74, 6) is 2.18. The van der Waals surface area contributed by atoms with Gasteiger partial charge in [-0.3, -0.25) is 9.05 Å². The summed E-state index contributed by atoms with van der Waals surface area (Å²) in [6, 6.07) is 1.86. The van der Waals surface area contributed by atoms with E-state index in [2.05, 4.69) is 16.9 Å². The number of phosphoric acid groups is 1. The Morgan fingerprint density at radius 2 is 2.32 bits per heavy atom. The molecule has 5 unspecified atom stereocenters. The maximum Gasteiger partial charge on any atom is 0.472 e. The lowest BCUT2D eigenvalue weighted by atomic mass is 10.1. The van der Waals surface area contributed by atoms with Crippen LogP contribution in [0.25, 0.3) is 11.0 Å². The average molecular weight is 446 g/mol. The van der Waals surface area contributed by atoms with E-state index >= 15 is 0 Å². The standard InChI is InChI=1S/C16H23N4O5PS2/c1-10-6-12(7-23-26(21,22)25-11-3-5-27-28-8-11)24-16(10)20-4-2-13-14(17)18-9-19-15(13)20/h2,4,9-12,16H,3,5-8H2,1H3,(H,21,22)(H2,17,18,19). The lowest BCUT2D eigenvalue weighted by Gasteiger charge is -2.24. The molecule has 0 aromatic carbocycles. The Balaban J connectivity index is 1.37. The first kappa shape index (κ1) is 20.5. The molecule has 0 spiro atoms. The predicted octanol–water partition coefficient (Wildman–Crippen LogP) is 3.22. The number of phosphoric ester groups is 1. The van der Waals surface area contributed by atoms with Crippen molar-refractivity contribution in [1.82, 2.24) is 14.5 Å². The van der Waals surface area contributed by atoms with Gasteiger partial charge >= 0.3 is 7.82 Å². The summed E-state index contributed by atoms with van der Waals surface area (Å²) in [6.07, 6.45) is 3.92. The van der Waals surface area contributed by atoms with Gasteiger partial charge in [0.1, 0.15) is 24.0 Å². The molecular formula is C16H23N4O5PS2. The molecule has 4 rings (SSSR count). The first-order chi connectivity index (χ1) is 13.4. The van der Waals surface area contributed by atoms with Crippen LogP contribution in [0.4, 0.5) is 5.82 Å². The van der Waals surface area contributed by atoms with Gasteiger partial charge in [-0.15, -0.1) is 0 Å². The maximum atomic E-state index is 12.2. The van der Waals surface area contributed by atoms with Gasteiger partial charge in [0.25, 0.3) is 0 Å². The maximum absolute atomic E-state index is 12.2. The highest BCUT2D eigenvalue weighted by atomic mass is 33.1. The third kappa shape index (κ3) is 4.51. The summed E-state index contributed by atoms with van der Waals surface area (Å²) in [6.45, 7) is 2.06. The van der Waals surface area contributed by atoms with E-state index in [1.165, 1.54) is 6.33 Å². The van der Waals surface area contributed by atoms with E-state index in [-0.39, 0.29) is 31.0 Å². The largest absolute Gasteiger partial charge is 0.472 e. The average Bonchev–Trinajstić information content (AvgIpc) is 3.25. The monoisotopic (exact) mass is 446 g/mol. The summed E-state index contributed by atoms with van der Waals surface area (Å²) >= 11 is 0. The Morgan fingerprint density at radius 1 is 1.46 bits per heavy atom. The van der Waals surface area contributed by atoms with Crippen molar-refractivity contribution in [2.75, 3.05) is 23.8 Å². The number of nitrogens with two attached hydrogens (primary N) is 1. The van der Waals surface area contributed by atoms with Crippen LogP contribution in [0.15, 0.2) is 18.6 Å². The van der Waals surface area contributed by atoms with Crippen LogP contribution in [0.5, 0.6) is 0 Å². The predicted molar refractivity (Wildman–Crippen MR) is 110 cm³/mol. The Morgan fingerprint density at radius 3 is 3.11 bits per heavy atom. The van der Waals surface area contributed by atoms with E-state index in [0.29, 0.717) is 23.6 Å². The molecule has 0 saturated carbocycles. The van der Waals surface area contributed by atoms with E-state index in [4.69, 9.17) is 19.5 Å². The SMILES string of the molecule is CC1CC(COP(=O)(O)OC2CCSSC2)OC1n1ccc2c(N)ncnc21. The van der Waals surface area contributed by atoms with Gasteiger partial charge < -0.3 is 19.9 Å². The third-order valence-electron chi connectivity index (χ3n) is 4.83. The molecule has 2 aromatic rings. The molecule has 0 bridgehead atoms. The van der Waals surface area contributed by atoms with Gasteiger partial charge in [-0.2, -0.15) is 0 Å². The molecule has 2 aliphatic heterocycles. The fourth-order valence-corrected chi connectivity index (χ4v) is 6.90. The Bertz CT molecular complexity index is 878. The van der Waals surface area contributed by atoms with Crippen LogP contribution in [0, 0.1) is 5.92 Å². The van der Waals surface area contributed by atoms with Crippen molar-refractivity contribution in [2.24, 2.45) is 5.92 Å². The van der Waals surface area contributed by atoms with Crippen molar-refractivity contribution in [3.05, 3.63) is 18.6 Å². The van der Waals surface area contributed by atoms with Crippen LogP contribution in [0.3, 0.4) is 0 Å². The molecular weight excluding hydrogens is 423 g/mol. The second-order valence-corrected chi connectivity index (χ2v) is 11.0. The molecule has 9 nitrogen and oxygen atoms in total. The fraction of sp³-hybridized carbons (Fsp3) is 0.625. The molecule has 2 aromatic heterocycles. The van der Waals surface area contributed by atoms with Crippen molar-refractivity contribution in [3.8, 4) is 0 Å². The lowest BCUT2D eigenvalue weighted by molar-refractivity contribution is -0.0315. The van der Waals surface area contributed by atoms with E-state index in [1.54, 1.807) is 21.6 Å². The number of hydrogen-bond donors (Lipinski definition) is 2. The minimum absolute atomic E-state index is 0.000442. The van der Waals surface area contributed by atoms with Gasteiger partial charge in [0.15, 0.2) is 0 Å². The minimum atomic E-state index is -4.11. The van der Waals surface area contributed by atoms with Crippen LogP contribution in [0.2, 0.25) is 0 Å². The van der Waals surface area contributed by atoms with Crippen molar-refractivity contribution in [3.63, 3.8) is 0 Å². The molecule has 12 heteroatoms. The summed E-state index contributed by atoms with van der Waals surface area (Å²) in [5, 5.41) is 0.773. The van der Waals surface area contributed by atoms with Crippen LogP contribution < -0.4 is 5.73 Å². The first-order valence-electron chi connectivity index (χ1n) is 9.05. The normalized spacial score (nSPS) is 30.5. The second kappa shape index (κ2) is 8.51. The highest BCUT2D eigenvalue weighted by Crippen LogP contribution is 2.48. The molecule has 0 aliphatic carbocycles. The van der Waals surface area contributed by atoms with Gasteiger partial charge in [-0.05, 0) is 18.9 Å². The smallest absolute Gasteiger partial charge is 0.383 e. The molecule has 0 radical (unpaired) electrons. The number of nitrogens with zero attached hydrogens (tertiary/aromatic N) is 3. The number of fused-ring (bicyclic) bond motifs is 1. The molecule has 2 fully saturated rings. The van der Waals surface area contributed by atoms with Gasteiger partial charge in [-0.1, -0.05) is 28.5 Å². The lowest BCUT2D eigenvalue weighted by Crippen LogP contribution is -2.21. The minimum Gasteiger partial charge on any atom is -0.383 e. The highest BCUT2D eigenvalue weighted by Gasteiger charge is 2.37. The molecule has 0 amide bonds. The molecule has 4 heterocycles. The van der Waals surface area contributed by atoms with Crippen LogP contribution >= 0.6 is 29.4 Å². The van der Waals surface area contributed by atoms with Crippen LogP contribution in [-0.4, -0.2) is 49.7 Å². The Kier molecular flexibility index (Phi) is 6.22. The number of rotatable bonds is 6. The van der Waals surface area contributed by atoms with Gasteiger partial charge in [0.2, 0.25) is 0 Å². The third-order valence-corrected chi connectivity index (χ3v) is 8.36. The van der Waals surface area contributed by atoms with Gasteiger partial charge in [-0.25, -0.2) is 14.5 Å². The van der Waals surface area contributed by atoms with E-state index in [1.807, 2.05) is 16.8 Å². The topological polar surface area (TPSA) is 122 Å². The number of aromatic nitrogens is 3. The zero-order chi connectivity index (χ0) is 19.7.